The van der Waals surface area contributed by atoms with E-state index in [-0.39, 0.29) is 5.91 Å². The molecule has 2 aromatic carbocycles. The van der Waals surface area contributed by atoms with Crippen molar-refractivity contribution in [3.63, 3.8) is 0 Å². The van der Waals surface area contributed by atoms with E-state index >= 15 is 0 Å². The van der Waals surface area contributed by atoms with Crippen LogP contribution in [-0.4, -0.2) is 17.0 Å². The van der Waals surface area contributed by atoms with E-state index in [1.54, 1.807) is 0 Å². The number of aromatic nitrogens is 1. The number of benzene rings is 2. The lowest BCUT2D eigenvalue weighted by Gasteiger charge is -2.05. The molecule has 0 spiro atoms. The molecule has 22 heavy (non-hydrogen) atoms. The van der Waals surface area contributed by atoms with Crippen molar-refractivity contribution in [1.29, 1.82) is 0 Å². The van der Waals surface area contributed by atoms with Crippen molar-refractivity contribution < 1.29 is 4.79 Å². The highest BCUT2D eigenvalue weighted by Crippen LogP contribution is 2.23. The van der Waals surface area contributed by atoms with E-state index in [0.717, 1.165) is 17.5 Å². The number of rotatable bonds is 5. The zero-order valence-electron chi connectivity index (χ0n) is 12.8. The van der Waals surface area contributed by atoms with E-state index in [1.165, 1.54) is 11.1 Å². The molecule has 112 valence electrons. The third kappa shape index (κ3) is 3.03. The van der Waals surface area contributed by atoms with Crippen LogP contribution < -0.4 is 5.32 Å². The molecule has 1 N–H and O–H groups in total. The Kier molecular flexibility index (Phi) is 4.24. The zero-order valence-corrected chi connectivity index (χ0v) is 12.8. The largest absolute Gasteiger partial charge is 0.356 e. The molecule has 0 saturated carbocycles. The normalized spacial score (nSPS) is 10.8. The van der Waals surface area contributed by atoms with E-state index in [9.17, 15) is 4.79 Å². The fraction of sp³-hybridized carbons (Fsp3) is 0.211. The summed E-state index contributed by atoms with van der Waals surface area (Å²) in [4.78, 5) is 11.9. The molecule has 3 heteroatoms. The minimum Gasteiger partial charge on any atom is -0.356 e. The van der Waals surface area contributed by atoms with Crippen molar-refractivity contribution in [3.8, 4) is 0 Å². The Labute approximate surface area is 130 Å². The van der Waals surface area contributed by atoms with Crippen LogP contribution in [0.15, 0.2) is 60.8 Å². The Balaban J connectivity index is 1.95. The predicted octanol–water partition coefficient (Wildman–Crippen LogP) is 3.37. The SMILES string of the molecule is CCNC(=O)Cc1cn(Cc2ccccc2)c2ccccc12. The molecule has 1 amide bonds. The first-order valence-corrected chi connectivity index (χ1v) is 7.65. The summed E-state index contributed by atoms with van der Waals surface area (Å²) in [5.74, 6) is 0.0742. The lowest BCUT2D eigenvalue weighted by atomic mass is 10.1. The Morgan fingerprint density at radius 1 is 1.05 bits per heavy atom. The Hall–Kier alpha value is -2.55. The molecule has 0 radical (unpaired) electrons. The summed E-state index contributed by atoms with van der Waals surface area (Å²) in [5.41, 5.74) is 3.51. The molecular weight excluding hydrogens is 272 g/mol. The molecule has 0 saturated heterocycles. The van der Waals surface area contributed by atoms with Gasteiger partial charge in [-0.15, -0.1) is 0 Å². The fourth-order valence-electron chi connectivity index (χ4n) is 2.81. The maximum absolute atomic E-state index is 11.9. The quantitative estimate of drug-likeness (QED) is 0.768. The standard InChI is InChI=1S/C19H20N2O/c1-2-20-19(22)12-16-14-21(13-15-8-4-3-5-9-15)18-11-7-6-10-17(16)18/h3-11,14H,2,12-13H2,1H3,(H,20,22). The molecule has 0 aliphatic rings. The van der Waals surface area contributed by atoms with Crippen molar-refractivity contribution in [3.05, 3.63) is 71.9 Å². The van der Waals surface area contributed by atoms with Crippen LogP contribution in [0.2, 0.25) is 0 Å². The number of hydrogen-bond donors (Lipinski definition) is 1. The van der Waals surface area contributed by atoms with Crippen LogP contribution >= 0.6 is 0 Å². The number of likely N-dealkylation sites (N-methyl/N-ethyl adjacent to an activating group) is 1. The number of hydrogen-bond acceptors (Lipinski definition) is 1. The summed E-state index contributed by atoms with van der Waals surface area (Å²) < 4.78 is 2.22. The second-order valence-electron chi connectivity index (χ2n) is 5.42. The van der Waals surface area contributed by atoms with Gasteiger partial charge in [0, 0.05) is 30.2 Å². The number of nitrogens with zero attached hydrogens (tertiary/aromatic N) is 1. The zero-order chi connectivity index (χ0) is 15.4. The van der Waals surface area contributed by atoms with Gasteiger partial charge in [-0.2, -0.15) is 0 Å². The molecule has 1 aromatic heterocycles. The molecule has 3 rings (SSSR count). The van der Waals surface area contributed by atoms with Crippen LogP contribution in [0.25, 0.3) is 10.9 Å². The molecule has 0 fully saturated rings. The molecule has 0 aliphatic carbocycles. The highest BCUT2D eigenvalue weighted by molar-refractivity contribution is 5.89. The number of carbonyl (C=O) groups excluding carboxylic acids is 1. The second kappa shape index (κ2) is 6.48. The van der Waals surface area contributed by atoms with Crippen molar-refractivity contribution in [2.24, 2.45) is 0 Å². The third-order valence-electron chi connectivity index (χ3n) is 3.79. The van der Waals surface area contributed by atoms with Crippen molar-refractivity contribution in [1.82, 2.24) is 9.88 Å². The van der Waals surface area contributed by atoms with Gasteiger partial charge in [-0.05, 0) is 24.1 Å². The number of amides is 1. The van der Waals surface area contributed by atoms with Gasteiger partial charge in [0.25, 0.3) is 0 Å². The minimum absolute atomic E-state index is 0.0742. The molecule has 0 atom stereocenters. The van der Waals surface area contributed by atoms with Crippen LogP contribution in [0.4, 0.5) is 0 Å². The van der Waals surface area contributed by atoms with Crippen LogP contribution in [0, 0.1) is 0 Å². The summed E-state index contributed by atoms with van der Waals surface area (Å²) in [6.45, 7) is 3.43. The van der Waals surface area contributed by atoms with Gasteiger partial charge in [-0.1, -0.05) is 48.5 Å². The number of fused-ring (bicyclic) bond motifs is 1. The lowest BCUT2D eigenvalue weighted by molar-refractivity contribution is -0.120. The topological polar surface area (TPSA) is 34.0 Å². The highest BCUT2D eigenvalue weighted by atomic mass is 16.1. The van der Waals surface area contributed by atoms with Crippen LogP contribution in [0.1, 0.15) is 18.1 Å². The van der Waals surface area contributed by atoms with Gasteiger partial charge in [0.15, 0.2) is 0 Å². The maximum atomic E-state index is 11.9. The predicted molar refractivity (Wildman–Crippen MR) is 89.9 cm³/mol. The van der Waals surface area contributed by atoms with Crippen molar-refractivity contribution in [2.75, 3.05) is 6.54 Å². The molecule has 3 nitrogen and oxygen atoms in total. The van der Waals surface area contributed by atoms with Gasteiger partial charge in [0.1, 0.15) is 0 Å². The lowest BCUT2D eigenvalue weighted by Crippen LogP contribution is -2.24. The van der Waals surface area contributed by atoms with Crippen molar-refractivity contribution in [2.45, 2.75) is 19.9 Å². The summed E-state index contributed by atoms with van der Waals surface area (Å²) in [6, 6.07) is 18.6. The first kappa shape index (κ1) is 14.4. The average molecular weight is 292 g/mol. The smallest absolute Gasteiger partial charge is 0.224 e. The van der Waals surface area contributed by atoms with Gasteiger partial charge < -0.3 is 9.88 Å². The molecule has 3 aromatic rings. The first-order chi connectivity index (χ1) is 10.8. The summed E-state index contributed by atoms with van der Waals surface area (Å²) >= 11 is 0. The first-order valence-electron chi connectivity index (χ1n) is 7.65. The van der Waals surface area contributed by atoms with E-state index in [2.05, 4.69) is 52.5 Å². The van der Waals surface area contributed by atoms with Gasteiger partial charge in [-0.3, -0.25) is 4.79 Å². The fourth-order valence-corrected chi connectivity index (χ4v) is 2.81. The van der Waals surface area contributed by atoms with E-state index in [1.807, 2.05) is 25.1 Å². The molecule has 1 heterocycles. The van der Waals surface area contributed by atoms with E-state index < -0.39 is 0 Å². The molecule has 0 bridgehead atoms. The van der Waals surface area contributed by atoms with Gasteiger partial charge in [0.05, 0.1) is 6.42 Å². The monoisotopic (exact) mass is 292 g/mol. The number of para-hydroxylation sites is 1. The molecule has 0 unspecified atom stereocenters. The van der Waals surface area contributed by atoms with Gasteiger partial charge in [-0.25, -0.2) is 0 Å². The third-order valence-corrected chi connectivity index (χ3v) is 3.79. The Morgan fingerprint density at radius 3 is 2.55 bits per heavy atom. The van der Waals surface area contributed by atoms with Gasteiger partial charge in [0.2, 0.25) is 5.91 Å². The summed E-state index contributed by atoms with van der Waals surface area (Å²) in [6.07, 6.45) is 2.53. The van der Waals surface area contributed by atoms with Gasteiger partial charge >= 0.3 is 0 Å². The second-order valence-corrected chi connectivity index (χ2v) is 5.42. The van der Waals surface area contributed by atoms with Crippen LogP contribution in [0.3, 0.4) is 0 Å². The minimum atomic E-state index is 0.0742. The Morgan fingerprint density at radius 2 is 1.77 bits per heavy atom. The molecule has 0 aliphatic heterocycles. The van der Waals surface area contributed by atoms with Crippen LogP contribution in [0.5, 0.6) is 0 Å². The van der Waals surface area contributed by atoms with Crippen LogP contribution in [-0.2, 0) is 17.8 Å². The number of carbonyl (C=O) groups is 1. The Bertz CT molecular complexity index is 774. The van der Waals surface area contributed by atoms with Crippen molar-refractivity contribution >= 4 is 16.8 Å². The average Bonchev–Trinajstić information content (AvgIpc) is 2.87. The van der Waals surface area contributed by atoms with E-state index in [4.69, 9.17) is 0 Å². The summed E-state index contributed by atoms with van der Waals surface area (Å²) in [7, 11) is 0. The molecular formula is C19H20N2O. The van der Waals surface area contributed by atoms with E-state index in [0.29, 0.717) is 13.0 Å². The highest BCUT2D eigenvalue weighted by Gasteiger charge is 2.11. The maximum Gasteiger partial charge on any atom is 0.224 e. The number of nitrogens with one attached hydrogen (secondary N) is 1. The summed E-state index contributed by atoms with van der Waals surface area (Å²) in [5, 5.41) is 4.03.